The van der Waals surface area contributed by atoms with Crippen molar-refractivity contribution >= 4 is 0 Å². The number of ether oxygens (including phenoxy) is 5. The molecule has 0 aromatic heterocycles. The van der Waals surface area contributed by atoms with E-state index in [0.29, 0.717) is 30.3 Å². The Morgan fingerprint density at radius 2 is 2.00 bits per heavy atom. The molecule has 0 unspecified atom stereocenters. The van der Waals surface area contributed by atoms with Gasteiger partial charge >= 0.3 is 0 Å². The number of nitrogens with one attached hydrogen (secondary N) is 1. The number of fused-ring (bicyclic) bond motifs is 1. The highest BCUT2D eigenvalue weighted by Crippen LogP contribution is 2.42. The summed E-state index contributed by atoms with van der Waals surface area (Å²) >= 11 is 0. The molecular weight excluding hydrogens is 250 g/mol. The maximum atomic E-state index is 5.41. The van der Waals surface area contributed by atoms with Gasteiger partial charge in [-0.1, -0.05) is 6.07 Å². The van der Waals surface area contributed by atoms with Gasteiger partial charge in [0.05, 0.1) is 7.11 Å². The van der Waals surface area contributed by atoms with E-state index in [1.54, 1.807) is 21.3 Å². The Bertz CT molecular complexity index is 420. The van der Waals surface area contributed by atoms with Gasteiger partial charge in [0.1, 0.15) is 0 Å². The molecule has 1 heterocycles. The van der Waals surface area contributed by atoms with Gasteiger partial charge in [-0.15, -0.1) is 0 Å². The molecular formula is C13H19NO5. The first-order valence-corrected chi connectivity index (χ1v) is 6.02. The van der Waals surface area contributed by atoms with Gasteiger partial charge in [-0.05, 0) is 6.07 Å². The highest BCUT2D eigenvalue weighted by atomic mass is 16.7. The molecule has 106 valence electrons. The lowest BCUT2D eigenvalue weighted by Gasteiger charge is -2.15. The van der Waals surface area contributed by atoms with Gasteiger partial charge in [-0.25, -0.2) is 0 Å². The maximum Gasteiger partial charge on any atom is 0.231 e. The average Bonchev–Trinajstić information content (AvgIpc) is 2.91. The number of benzene rings is 1. The molecule has 0 saturated carbocycles. The number of hydrogen-bond donors (Lipinski definition) is 1. The molecule has 0 fully saturated rings. The van der Waals surface area contributed by atoms with E-state index in [1.165, 1.54) is 0 Å². The van der Waals surface area contributed by atoms with Crippen molar-refractivity contribution in [3.8, 4) is 17.2 Å². The molecule has 1 aromatic carbocycles. The molecule has 0 amide bonds. The topological polar surface area (TPSA) is 58.2 Å². The smallest absolute Gasteiger partial charge is 0.231 e. The molecule has 1 aromatic rings. The van der Waals surface area contributed by atoms with Crippen LogP contribution in [0.2, 0.25) is 0 Å². The third kappa shape index (κ3) is 3.09. The van der Waals surface area contributed by atoms with Crippen molar-refractivity contribution in [2.75, 3.05) is 34.7 Å². The fraction of sp³-hybridized carbons (Fsp3) is 0.538. The summed E-state index contributed by atoms with van der Waals surface area (Å²) in [6.07, 6.45) is -0.264. The SMILES string of the molecule is COc1c(CNCC(OC)OC)ccc2c1OCO2. The van der Waals surface area contributed by atoms with Gasteiger partial charge in [0.15, 0.2) is 17.8 Å². The van der Waals surface area contributed by atoms with Crippen LogP contribution in [-0.4, -0.2) is 41.0 Å². The molecule has 2 rings (SSSR count). The van der Waals surface area contributed by atoms with Crippen LogP contribution in [0.4, 0.5) is 0 Å². The van der Waals surface area contributed by atoms with Gasteiger partial charge in [0.2, 0.25) is 12.5 Å². The van der Waals surface area contributed by atoms with Crippen molar-refractivity contribution in [3.05, 3.63) is 17.7 Å². The van der Waals surface area contributed by atoms with Gasteiger partial charge in [0.25, 0.3) is 0 Å². The maximum absolute atomic E-state index is 5.41. The van der Waals surface area contributed by atoms with Crippen LogP contribution >= 0.6 is 0 Å². The summed E-state index contributed by atoms with van der Waals surface area (Å²) in [5.74, 6) is 2.08. The van der Waals surface area contributed by atoms with Crippen LogP contribution in [0.3, 0.4) is 0 Å². The van der Waals surface area contributed by atoms with Gasteiger partial charge in [0, 0.05) is 32.9 Å². The van der Waals surface area contributed by atoms with E-state index in [1.807, 2.05) is 12.1 Å². The van der Waals surface area contributed by atoms with Gasteiger partial charge in [-0.2, -0.15) is 0 Å². The second kappa shape index (κ2) is 6.60. The van der Waals surface area contributed by atoms with Crippen LogP contribution in [0.15, 0.2) is 12.1 Å². The lowest BCUT2D eigenvalue weighted by molar-refractivity contribution is -0.0989. The standard InChI is InChI=1S/C13H19NO5/c1-15-11(16-2)7-14-6-9-4-5-10-13(12(9)17-3)19-8-18-10/h4-5,11,14H,6-8H2,1-3H3. The van der Waals surface area contributed by atoms with Crippen LogP contribution in [0.25, 0.3) is 0 Å². The van der Waals surface area contributed by atoms with Gasteiger partial charge in [-0.3, -0.25) is 0 Å². The Morgan fingerprint density at radius 1 is 1.21 bits per heavy atom. The van der Waals surface area contributed by atoms with E-state index < -0.39 is 0 Å². The van der Waals surface area contributed by atoms with Crippen molar-refractivity contribution in [1.82, 2.24) is 5.32 Å². The lowest BCUT2D eigenvalue weighted by atomic mass is 10.1. The fourth-order valence-electron chi connectivity index (χ4n) is 1.94. The van der Waals surface area contributed by atoms with Crippen LogP contribution in [0.5, 0.6) is 17.2 Å². The minimum Gasteiger partial charge on any atom is -0.492 e. The molecule has 19 heavy (non-hydrogen) atoms. The predicted octanol–water partition coefficient (Wildman–Crippen LogP) is 1.13. The third-order valence-corrected chi connectivity index (χ3v) is 2.93. The molecule has 6 heteroatoms. The van der Waals surface area contributed by atoms with E-state index in [9.17, 15) is 0 Å². The Morgan fingerprint density at radius 3 is 2.68 bits per heavy atom. The highest BCUT2D eigenvalue weighted by molar-refractivity contribution is 5.56. The number of rotatable bonds is 7. The van der Waals surface area contributed by atoms with Crippen molar-refractivity contribution in [2.45, 2.75) is 12.8 Å². The molecule has 0 aliphatic carbocycles. The van der Waals surface area contributed by atoms with E-state index in [4.69, 9.17) is 23.7 Å². The quantitative estimate of drug-likeness (QED) is 0.749. The first-order valence-electron chi connectivity index (χ1n) is 6.02. The van der Waals surface area contributed by atoms with E-state index in [2.05, 4.69) is 5.32 Å². The van der Waals surface area contributed by atoms with E-state index in [-0.39, 0.29) is 13.1 Å². The second-order valence-corrected chi connectivity index (χ2v) is 4.02. The molecule has 1 aliphatic rings. The minimum absolute atomic E-state index is 0.234. The minimum atomic E-state index is -0.264. The summed E-state index contributed by atoms with van der Waals surface area (Å²) in [4.78, 5) is 0. The van der Waals surface area contributed by atoms with Crippen LogP contribution < -0.4 is 19.5 Å². The predicted molar refractivity (Wildman–Crippen MR) is 68.6 cm³/mol. The lowest BCUT2D eigenvalue weighted by Crippen LogP contribution is -2.29. The number of methoxy groups -OCH3 is 3. The highest BCUT2D eigenvalue weighted by Gasteiger charge is 2.21. The van der Waals surface area contributed by atoms with Crippen molar-refractivity contribution in [1.29, 1.82) is 0 Å². The van der Waals surface area contributed by atoms with E-state index >= 15 is 0 Å². The molecule has 1 N–H and O–H groups in total. The molecule has 1 aliphatic heterocycles. The molecule has 0 spiro atoms. The first kappa shape index (κ1) is 13.9. The van der Waals surface area contributed by atoms with E-state index in [0.717, 1.165) is 5.56 Å². The fourth-order valence-corrected chi connectivity index (χ4v) is 1.94. The zero-order valence-electron chi connectivity index (χ0n) is 11.4. The second-order valence-electron chi connectivity index (χ2n) is 4.02. The molecule has 6 nitrogen and oxygen atoms in total. The van der Waals surface area contributed by atoms with Crippen molar-refractivity contribution < 1.29 is 23.7 Å². The van der Waals surface area contributed by atoms with Crippen molar-refractivity contribution in [2.24, 2.45) is 0 Å². The molecule has 0 radical (unpaired) electrons. The monoisotopic (exact) mass is 269 g/mol. The summed E-state index contributed by atoms with van der Waals surface area (Å²) in [6, 6.07) is 3.83. The van der Waals surface area contributed by atoms with Gasteiger partial charge < -0.3 is 29.0 Å². The van der Waals surface area contributed by atoms with Crippen LogP contribution in [0.1, 0.15) is 5.56 Å². The summed E-state index contributed by atoms with van der Waals surface area (Å²) in [6.45, 7) is 1.45. The van der Waals surface area contributed by atoms with Crippen molar-refractivity contribution in [3.63, 3.8) is 0 Å². The molecule has 0 atom stereocenters. The summed E-state index contributed by atoms with van der Waals surface area (Å²) in [5.41, 5.74) is 0.998. The Balaban J connectivity index is 2.01. The summed E-state index contributed by atoms with van der Waals surface area (Å²) in [5, 5.41) is 3.24. The first-order chi connectivity index (χ1) is 9.30. The normalized spacial score (nSPS) is 13.1. The summed E-state index contributed by atoms with van der Waals surface area (Å²) < 4.78 is 26.3. The Labute approximate surface area is 112 Å². The number of hydrogen-bond acceptors (Lipinski definition) is 6. The Kier molecular flexibility index (Phi) is 4.84. The molecule has 0 saturated heterocycles. The largest absolute Gasteiger partial charge is 0.492 e. The summed E-state index contributed by atoms with van der Waals surface area (Å²) in [7, 11) is 4.84. The van der Waals surface area contributed by atoms with Crippen LogP contribution in [-0.2, 0) is 16.0 Å². The zero-order chi connectivity index (χ0) is 13.7. The third-order valence-electron chi connectivity index (χ3n) is 2.93. The van der Waals surface area contributed by atoms with Crippen LogP contribution in [0, 0.1) is 0 Å². The average molecular weight is 269 g/mol. The Hall–Kier alpha value is -1.50. The molecule has 0 bridgehead atoms. The zero-order valence-corrected chi connectivity index (χ0v) is 11.4.